The molecule has 1 atom stereocenters. The van der Waals surface area contributed by atoms with Gasteiger partial charge < -0.3 is 14.8 Å². The summed E-state index contributed by atoms with van der Waals surface area (Å²) in [6.07, 6.45) is 1.64. The summed E-state index contributed by atoms with van der Waals surface area (Å²) in [5, 5.41) is 3.82. The summed E-state index contributed by atoms with van der Waals surface area (Å²) in [4.78, 5) is 4.09. The number of nitrogens with zero attached hydrogens (tertiary/aromatic N) is 1. The van der Waals surface area contributed by atoms with Gasteiger partial charge in [-0.15, -0.1) is 0 Å². The maximum absolute atomic E-state index is 5.78. The second-order valence-corrected chi connectivity index (χ2v) is 4.74. The molecule has 0 aliphatic carbocycles. The smallest absolute Gasteiger partial charge is 0.228 e. The molecular weight excluding hydrogens is 295 g/mol. The van der Waals surface area contributed by atoms with Crippen LogP contribution in [0.3, 0.4) is 0 Å². The lowest BCUT2D eigenvalue weighted by molar-refractivity contribution is -0.000908. The molecule has 0 radical (unpaired) electrons. The molecule has 1 aliphatic rings. The number of ether oxygens (including phenoxy) is 2. The summed E-state index contributed by atoms with van der Waals surface area (Å²) < 4.78 is 11.8. The largest absolute Gasteiger partial charge is 0.474 e. The van der Waals surface area contributed by atoms with Crippen molar-refractivity contribution in [3.63, 3.8) is 0 Å². The van der Waals surface area contributed by atoms with Gasteiger partial charge >= 0.3 is 0 Å². The Morgan fingerprint density at radius 1 is 1.69 bits per heavy atom. The average Bonchev–Trinajstić information content (AvgIpc) is 2.29. The molecule has 4 nitrogen and oxygen atoms in total. The summed E-state index contributed by atoms with van der Waals surface area (Å²) in [7, 11) is 0. The van der Waals surface area contributed by atoms with Crippen LogP contribution in [0.2, 0.25) is 5.02 Å². The number of aromatic nitrogens is 1. The summed E-state index contributed by atoms with van der Waals surface area (Å²) in [6, 6.07) is 1.75. The second-order valence-electron chi connectivity index (χ2n) is 3.45. The van der Waals surface area contributed by atoms with Crippen molar-refractivity contribution in [2.75, 3.05) is 26.3 Å². The molecule has 2 rings (SSSR count). The fourth-order valence-electron chi connectivity index (χ4n) is 1.41. The number of rotatable bonds is 3. The number of pyridine rings is 1. The highest BCUT2D eigenvalue weighted by atomic mass is 79.9. The molecule has 6 heteroatoms. The number of nitrogens with one attached hydrogen (secondary N) is 1. The lowest BCUT2D eigenvalue weighted by Crippen LogP contribution is -2.41. The third kappa shape index (κ3) is 3.31. The van der Waals surface area contributed by atoms with Crippen LogP contribution in [0.5, 0.6) is 5.88 Å². The van der Waals surface area contributed by atoms with Gasteiger partial charge in [-0.1, -0.05) is 11.6 Å². The van der Waals surface area contributed by atoms with Crippen molar-refractivity contribution in [2.45, 2.75) is 6.10 Å². The third-order valence-corrected chi connectivity index (χ3v) is 2.96. The van der Waals surface area contributed by atoms with Crippen LogP contribution in [0.4, 0.5) is 0 Å². The predicted molar refractivity (Wildman–Crippen MR) is 65.1 cm³/mol. The van der Waals surface area contributed by atoms with E-state index in [0.717, 1.165) is 24.2 Å². The quantitative estimate of drug-likeness (QED) is 0.926. The Hall–Kier alpha value is -0.360. The summed E-state index contributed by atoms with van der Waals surface area (Å²) in [5.41, 5.74) is 0. The number of halogens is 2. The SMILES string of the molecule is Clc1cnc(OCC2CNCCO2)c(Br)c1. The van der Waals surface area contributed by atoms with Crippen LogP contribution in [0.15, 0.2) is 16.7 Å². The molecule has 0 saturated carbocycles. The van der Waals surface area contributed by atoms with Crippen molar-refractivity contribution in [1.29, 1.82) is 0 Å². The zero-order valence-corrected chi connectivity index (χ0v) is 10.9. The molecule has 1 aliphatic heterocycles. The van der Waals surface area contributed by atoms with Crippen molar-refractivity contribution in [1.82, 2.24) is 10.3 Å². The first-order chi connectivity index (χ1) is 7.75. The van der Waals surface area contributed by atoms with Gasteiger partial charge in [0, 0.05) is 19.3 Å². The van der Waals surface area contributed by atoms with Gasteiger partial charge in [0.05, 0.1) is 16.1 Å². The molecule has 1 fully saturated rings. The van der Waals surface area contributed by atoms with Crippen molar-refractivity contribution >= 4 is 27.5 Å². The first-order valence-corrected chi connectivity index (χ1v) is 6.19. The van der Waals surface area contributed by atoms with E-state index in [-0.39, 0.29) is 6.10 Å². The maximum Gasteiger partial charge on any atom is 0.228 e. The van der Waals surface area contributed by atoms with Crippen LogP contribution < -0.4 is 10.1 Å². The van der Waals surface area contributed by atoms with Gasteiger partial charge in [0.15, 0.2) is 0 Å². The number of hydrogen-bond acceptors (Lipinski definition) is 4. The molecule has 1 aromatic heterocycles. The Morgan fingerprint density at radius 3 is 3.25 bits per heavy atom. The lowest BCUT2D eigenvalue weighted by Gasteiger charge is -2.23. The summed E-state index contributed by atoms with van der Waals surface area (Å²) in [6.45, 7) is 2.92. The Kier molecular flexibility index (Phi) is 4.40. The van der Waals surface area contributed by atoms with Crippen LogP contribution in [0.25, 0.3) is 0 Å². The minimum absolute atomic E-state index is 0.0816. The van der Waals surface area contributed by atoms with Crippen LogP contribution in [-0.4, -0.2) is 37.4 Å². The maximum atomic E-state index is 5.78. The Morgan fingerprint density at radius 2 is 2.56 bits per heavy atom. The minimum atomic E-state index is 0.0816. The lowest BCUT2D eigenvalue weighted by atomic mass is 10.3. The van der Waals surface area contributed by atoms with E-state index in [2.05, 4.69) is 26.2 Å². The Labute approximate surface area is 107 Å². The van der Waals surface area contributed by atoms with Crippen LogP contribution in [0, 0.1) is 0 Å². The molecule has 2 heterocycles. The molecule has 88 valence electrons. The average molecular weight is 308 g/mol. The van der Waals surface area contributed by atoms with Crippen molar-refractivity contribution in [3.05, 3.63) is 21.8 Å². The molecule has 0 spiro atoms. The highest BCUT2D eigenvalue weighted by molar-refractivity contribution is 9.10. The molecular formula is C10H12BrClN2O2. The molecule has 1 unspecified atom stereocenters. The normalized spacial score (nSPS) is 20.8. The molecule has 1 N–H and O–H groups in total. The molecule has 0 amide bonds. The monoisotopic (exact) mass is 306 g/mol. The van der Waals surface area contributed by atoms with Gasteiger partial charge in [-0.25, -0.2) is 4.98 Å². The van der Waals surface area contributed by atoms with Crippen LogP contribution in [0.1, 0.15) is 0 Å². The Balaban J connectivity index is 1.88. The van der Waals surface area contributed by atoms with Crippen molar-refractivity contribution < 1.29 is 9.47 Å². The topological polar surface area (TPSA) is 43.4 Å². The molecule has 16 heavy (non-hydrogen) atoms. The van der Waals surface area contributed by atoms with E-state index in [4.69, 9.17) is 21.1 Å². The molecule has 0 aromatic carbocycles. The van der Waals surface area contributed by atoms with Gasteiger partial charge in [-0.3, -0.25) is 0 Å². The first kappa shape index (κ1) is 12.1. The number of hydrogen-bond donors (Lipinski definition) is 1. The minimum Gasteiger partial charge on any atom is -0.474 e. The molecule has 1 saturated heterocycles. The predicted octanol–water partition coefficient (Wildman–Crippen LogP) is 1.86. The van der Waals surface area contributed by atoms with Crippen LogP contribution in [-0.2, 0) is 4.74 Å². The van der Waals surface area contributed by atoms with E-state index >= 15 is 0 Å². The molecule has 0 bridgehead atoms. The highest BCUT2D eigenvalue weighted by Gasteiger charge is 2.15. The zero-order chi connectivity index (χ0) is 11.4. The highest BCUT2D eigenvalue weighted by Crippen LogP contribution is 2.25. The van der Waals surface area contributed by atoms with Crippen LogP contribution >= 0.6 is 27.5 Å². The van der Waals surface area contributed by atoms with Gasteiger partial charge in [-0.05, 0) is 22.0 Å². The van der Waals surface area contributed by atoms with E-state index in [1.807, 2.05) is 0 Å². The first-order valence-electron chi connectivity index (χ1n) is 5.02. The van der Waals surface area contributed by atoms with Crippen molar-refractivity contribution in [3.8, 4) is 5.88 Å². The van der Waals surface area contributed by atoms with E-state index in [9.17, 15) is 0 Å². The van der Waals surface area contributed by atoms with Crippen molar-refractivity contribution in [2.24, 2.45) is 0 Å². The van der Waals surface area contributed by atoms with Gasteiger partial charge in [-0.2, -0.15) is 0 Å². The number of morpholine rings is 1. The van der Waals surface area contributed by atoms with E-state index in [1.165, 1.54) is 0 Å². The van der Waals surface area contributed by atoms with E-state index < -0.39 is 0 Å². The Bertz CT molecular complexity index is 359. The van der Waals surface area contributed by atoms with Gasteiger partial charge in [0.2, 0.25) is 5.88 Å². The fraction of sp³-hybridized carbons (Fsp3) is 0.500. The second kappa shape index (κ2) is 5.82. The van der Waals surface area contributed by atoms with Gasteiger partial charge in [0.25, 0.3) is 0 Å². The summed E-state index contributed by atoms with van der Waals surface area (Å²) in [5.74, 6) is 0.540. The molecule has 1 aromatic rings. The van der Waals surface area contributed by atoms with E-state index in [1.54, 1.807) is 12.3 Å². The standard InChI is InChI=1S/C10H12BrClN2O2/c11-9-3-7(12)4-14-10(9)16-6-8-5-13-1-2-15-8/h3-4,8,13H,1-2,5-6H2. The zero-order valence-electron chi connectivity index (χ0n) is 8.58. The van der Waals surface area contributed by atoms with Gasteiger partial charge in [0.1, 0.15) is 12.7 Å². The summed E-state index contributed by atoms with van der Waals surface area (Å²) >= 11 is 9.13. The third-order valence-electron chi connectivity index (χ3n) is 2.18. The fourth-order valence-corrected chi connectivity index (χ4v) is 2.16. The van der Waals surface area contributed by atoms with E-state index in [0.29, 0.717) is 17.5 Å².